The van der Waals surface area contributed by atoms with Crippen molar-refractivity contribution in [2.24, 2.45) is 0 Å². The van der Waals surface area contributed by atoms with Crippen molar-refractivity contribution in [3.8, 4) is 5.75 Å². The second kappa shape index (κ2) is 6.90. The van der Waals surface area contributed by atoms with E-state index in [0.29, 0.717) is 22.9 Å². The number of hydrogen-bond acceptors (Lipinski definition) is 3. The van der Waals surface area contributed by atoms with Crippen LogP contribution >= 0.6 is 11.6 Å². The molecule has 0 heterocycles. The second-order valence-electron chi connectivity index (χ2n) is 4.51. The zero-order valence-corrected chi connectivity index (χ0v) is 12.2. The zero-order valence-electron chi connectivity index (χ0n) is 11.5. The van der Waals surface area contributed by atoms with Crippen LogP contribution in [0.25, 0.3) is 6.08 Å². The summed E-state index contributed by atoms with van der Waals surface area (Å²) >= 11 is 6.13. The van der Waals surface area contributed by atoms with Gasteiger partial charge in [0.15, 0.2) is 0 Å². The normalized spacial score (nSPS) is 11.2. The van der Waals surface area contributed by atoms with E-state index < -0.39 is 4.92 Å². The third-order valence-corrected chi connectivity index (χ3v) is 3.15. The first kappa shape index (κ1) is 15.1. The maximum atomic E-state index is 10.6. The predicted molar refractivity (Wildman–Crippen MR) is 82.9 cm³/mol. The number of nitrogens with zero attached hydrogens (tertiary/aromatic N) is 1. The molecule has 0 atom stereocenters. The first-order chi connectivity index (χ1) is 10.1. The summed E-state index contributed by atoms with van der Waals surface area (Å²) in [4.78, 5) is 10.2. The van der Waals surface area contributed by atoms with Crippen molar-refractivity contribution >= 4 is 17.7 Å². The molecule has 0 aliphatic rings. The maximum Gasteiger partial charge on any atom is 0.243 e. The highest BCUT2D eigenvalue weighted by Crippen LogP contribution is 2.27. The summed E-state index contributed by atoms with van der Waals surface area (Å²) < 4.78 is 5.64. The van der Waals surface area contributed by atoms with Crippen molar-refractivity contribution in [2.75, 3.05) is 0 Å². The summed E-state index contributed by atoms with van der Waals surface area (Å²) in [5, 5.41) is 11.0. The van der Waals surface area contributed by atoms with Gasteiger partial charge in [-0.3, -0.25) is 10.1 Å². The fourth-order valence-electron chi connectivity index (χ4n) is 1.75. The fourth-order valence-corrected chi connectivity index (χ4v) is 2.00. The van der Waals surface area contributed by atoms with E-state index in [4.69, 9.17) is 16.3 Å². The van der Waals surface area contributed by atoms with E-state index in [2.05, 4.69) is 0 Å². The van der Waals surface area contributed by atoms with Crippen molar-refractivity contribution in [1.29, 1.82) is 0 Å². The van der Waals surface area contributed by atoms with Gasteiger partial charge < -0.3 is 4.74 Å². The molecule has 0 saturated heterocycles. The molecule has 108 valence electrons. The summed E-state index contributed by atoms with van der Waals surface area (Å²) in [6.07, 6.45) is 1.47. The highest BCUT2D eigenvalue weighted by atomic mass is 35.5. The third-order valence-electron chi connectivity index (χ3n) is 2.86. The number of hydrogen-bond donors (Lipinski definition) is 0. The molecule has 2 aromatic carbocycles. The Kier molecular flexibility index (Phi) is 4.95. The molecule has 4 nitrogen and oxygen atoms in total. The van der Waals surface area contributed by atoms with Gasteiger partial charge in [-0.15, -0.1) is 0 Å². The monoisotopic (exact) mass is 303 g/mol. The Morgan fingerprint density at radius 1 is 1.29 bits per heavy atom. The van der Waals surface area contributed by atoms with Crippen molar-refractivity contribution in [3.05, 3.63) is 80.5 Å². The molecule has 0 aromatic heterocycles. The smallest absolute Gasteiger partial charge is 0.243 e. The largest absolute Gasteiger partial charge is 0.487 e. The summed E-state index contributed by atoms with van der Waals surface area (Å²) in [6.45, 7) is 1.86. The molecule has 0 saturated carbocycles. The molecule has 0 radical (unpaired) electrons. The van der Waals surface area contributed by atoms with E-state index in [-0.39, 0.29) is 5.70 Å². The van der Waals surface area contributed by atoms with Crippen LogP contribution in [-0.2, 0) is 6.61 Å². The second-order valence-corrected chi connectivity index (χ2v) is 4.91. The van der Waals surface area contributed by atoms with E-state index in [1.54, 1.807) is 18.2 Å². The van der Waals surface area contributed by atoms with Crippen LogP contribution in [0, 0.1) is 10.1 Å². The summed E-state index contributed by atoms with van der Waals surface area (Å²) in [6, 6.07) is 14.8. The number of nitro groups is 1. The van der Waals surface area contributed by atoms with E-state index in [9.17, 15) is 10.1 Å². The number of halogens is 1. The maximum absolute atomic E-state index is 10.6. The van der Waals surface area contributed by atoms with Crippen molar-refractivity contribution in [3.63, 3.8) is 0 Å². The summed E-state index contributed by atoms with van der Waals surface area (Å²) in [5.74, 6) is 0.552. The van der Waals surface area contributed by atoms with Gasteiger partial charge in [0.25, 0.3) is 0 Å². The topological polar surface area (TPSA) is 52.4 Å². The number of rotatable bonds is 5. The van der Waals surface area contributed by atoms with Gasteiger partial charge in [0.1, 0.15) is 12.4 Å². The van der Waals surface area contributed by atoms with Gasteiger partial charge in [-0.25, -0.2) is 0 Å². The molecule has 0 N–H and O–H groups in total. The van der Waals surface area contributed by atoms with Gasteiger partial charge in [0, 0.05) is 13.0 Å². The van der Waals surface area contributed by atoms with Gasteiger partial charge in [-0.1, -0.05) is 48.0 Å². The lowest BCUT2D eigenvalue weighted by Crippen LogP contribution is -1.96. The Bertz CT molecular complexity index is 668. The molecule has 2 aromatic rings. The first-order valence-electron chi connectivity index (χ1n) is 6.35. The third kappa shape index (κ3) is 4.33. The molecule has 0 fully saturated rings. The predicted octanol–water partition coefficient (Wildman–Crippen LogP) is 4.56. The van der Waals surface area contributed by atoms with Gasteiger partial charge >= 0.3 is 0 Å². The Hall–Kier alpha value is -2.33. The molecule has 0 amide bonds. The van der Waals surface area contributed by atoms with Crippen LogP contribution in [0.1, 0.15) is 18.1 Å². The van der Waals surface area contributed by atoms with Gasteiger partial charge in [-0.05, 0) is 23.3 Å². The molecule has 0 unspecified atom stereocenters. The van der Waals surface area contributed by atoms with Gasteiger partial charge in [-0.2, -0.15) is 0 Å². The highest BCUT2D eigenvalue weighted by molar-refractivity contribution is 6.32. The van der Waals surface area contributed by atoms with E-state index >= 15 is 0 Å². The average molecular weight is 304 g/mol. The van der Waals surface area contributed by atoms with Gasteiger partial charge in [0.05, 0.1) is 9.95 Å². The Labute approximate surface area is 127 Å². The van der Waals surface area contributed by atoms with E-state index in [0.717, 1.165) is 5.56 Å². The van der Waals surface area contributed by atoms with Crippen LogP contribution in [0.5, 0.6) is 5.75 Å². The molecule has 21 heavy (non-hydrogen) atoms. The lowest BCUT2D eigenvalue weighted by atomic mass is 10.2. The SMILES string of the molecule is CC(=Cc1ccc(OCc2ccccc2)c(Cl)c1)[N+](=O)[O-]. The molecule has 0 bridgehead atoms. The van der Waals surface area contributed by atoms with Gasteiger partial charge in [0.2, 0.25) is 5.70 Å². The molecular formula is C16H14ClNO3. The molecule has 0 aliphatic heterocycles. The number of ether oxygens (including phenoxy) is 1. The zero-order chi connectivity index (χ0) is 15.2. The minimum absolute atomic E-state index is 0.0593. The first-order valence-corrected chi connectivity index (χ1v) is 6.73. The molecule has 2 rings (SSSR count). The van der Waals surface area contributed by atoms with Crippen LogP contribution in [0.2, 0.25) is 5.02 Å². The van der Waals surface area contributed by atoms with Crippen LogP contribution in [0.4, 0.5) is 0 Å². The lowest BCUT2D eigenvalue weighted by Gasteiger charge is -2.08. The minimum atomic E-state index is -0.437. The lowest BCUT2D eigenvalue weighted by molar-refractivity contribution is -0.422. The summed E-state index contributed by atoms with van der Waals surface area (Å²) in [7, 11) is 0. The van der Waals surface area contributed by atoms with Crippen LogP contribution in [0.3, 0.4) is 0 Å². The molecule has 0 spiro atoms. The van der Waals surface area contributed by atoms with Crippen molar-refractivity contribution in [2.45, 2.75) is 13.5 Å². The minimum Gasteiger partial charge on any atom is -0.487 e. The van der Waals surface area contributed by atoms with E-state index in [1.165, 1.54) is 13.0 Å². The Morgan fingerprint density at radius 2 is 2.00 bits per heavy atom. The van der Waals surface area contributed by atoms with Crippen LogP contribution in [0.15, 0.2) is 54.2 Å². The number of allylic oxidation sites excluding steroid dienone is 1. The van der Waals surface area contributed by atoms with Crippen molar-refractivity contribution < 1.29 is 9.66 Å². The van der Waals surface area contributed by atoms with Crippen molar-refractivity contribution in [1.82, 2.24) is 0 Å². The van der Waals surface area contributed by atoms with E-state index in [1.807, 2.05) is 30.3 Å². The quantitative estimate of drug-likeness (QED) is 0.601. The highest BCUT2D eigenvalue weighted by Gasteiger charge is 2.06. The summed E-state index contributed by atoms with van der Waals surface area (Å²) in [5.41, 5.74) is 1.77. The average Bonchev–Trinajstić information content (AvgIpc) is 2.47. The standard InChI is InChI=1S/C16H14ClNO3/c1-12(18(19)20)9-14-7-8-16(15(17)10-14)21-11-13-5-3-2-4-6-13/h2-10H,11H2,1H3. The Morgan fingerprint density at radius 3 is 2.62 bits per heavy atom. The molecule has 5 heteroatoms. The fraction of sp³-hybridized carbons (Fsp3) is 0.125. The van der Waals surface area contributed by atoms with Crippen LogP contribution < -0.4 is 4.74 Å². The molecule has 0 aliphatic carbocycles. The van der Waals surface area contributed by atoms with Crippen LogP contribution in [-0.4, -0.2) is 4.92 Å². The molecular weight excluding hydrogens is 290 g/mol. The Balaban J connectivity index is 2.09. The number of benzene rings is 2.